The fourth-order valence-corrected chi connectivity index (χ4v) is 5.76. The van der Waals surface area contributed by atoms with Crippen molar-refractivity contribution in [3.05, 3.63) is 70.1 Å². The van der Waals surface area contributed by atoms with Gasteiger partial charge in [-0.1, -0.05) is 30.3 Å². The van der Waals surface area contributed by atoms with Crippen LogP contribution in [-0.2, 0) is 13.6 Å². The van der Waals surface area contributed by atoms with Crippen molar-refractivity contribution in [2.45, 2.75) is 57.7 Å². The van der Waals surface area contributed by atoms with E-state index in [4.69, 9.17) is 0 Å². The molecule has 2 aliphatic heterocycles. The summed E-state index contributed by atoms with van der Waals surface area (Å²) in [4.78, 5) is 30.1. The number of aryl methyl sites for hydroxylation is 1. The van der Waals surface area contributed by atoms with Crippen molar-refractivity contribution >= 4 is 16.9 Å². The van der Waals surface area contributed by atoms with Crippen molar-refractivity contribution in [2.24, 2.45) is 7.05 Å². The van der Waals surface area contributed by atoms with Gasteiger partial charge < -0.3 is 4.90 Å². The van der Waals surface area contributed by atoms with Crippen molar-refractivity contribution in [3.8, 4) is 0 Å². The van der Waals surface area contributed by atoms with Crippen molar-refractivity contribution in [2.75, 3.05) is 19.6 Å². The minimum Gasteiger partial charge on any atom is -0.334 e. The van der Waals surface area contributed by atoms with Gasteiger partial charge in [0.05, 0.1) is 11.0 Å². The lowest BCUT2D eigenvalue weighted by Crippen LogP contribution is -2.49. The molecule has 0 aliphatic carbocycles. The molecule has 2 aliphatic rings. The molecule has 1 fully saturated rings. The zero-order valence-electron chi connectivity index (χ0n) is 20.0. The average Bonchev–Trinajstić information content (AvgIpc) is 3.28. The van der Waals surface area contributed by atoms with Gasteiger partial charge in [0.2, 0.25) is 0 Å². The van der Waals surface area contributed by atoms with Crippen LogP contribution in [0.1, 0.15) is 61.5 Å². The first-order valence-electron chi connectivity index (χ1n) is 12.1. The summed E-state index contributed by atoms with van der Waals surface area (Å²) in [7, 11) is 1.86. The van der Waals surface area contributed by atoms with Crippen LogP contribution in [0, 0.1) is 0 Å². The van der Waals surface area contributed by atoms with E-state index in [0.29, 0.717) is 0 Å². The molecule has 0 radical (unpaired) electrons. The zero-order chi connectivity index (χ0) is 23.2. The number of imidazole rings is 1. The third-order valence-corrected chi connectivity index (χ3v) is 7.79. The van der Waals surface area contributed by atoms with Gasteiger partial charge in [0.25, 0.3) is 5.91 Å². The molecule has 5 rings (SSSR count). The number of carbonyl (C=O) groups is 1. The van der Waals surface area contributed by atoms with Gasteiger partial charge >= 0.3 is 5.69 Å². The number of piperidine rings is 1. The molecular weight excluding hydrogens is 412 g/mol. The number of likely N-dealkylation sites (tertiary alicyclic amines) is 1. The minimum atomic E-state index is 0.0737. The number of carbonyl (C=O) groups excluding carboxylic acids is 1. The number of hydrogen-bond acceptors (Lipinski definition) is 3. The van der Waals surface area contributed by atoms with Crippen LogP contribution < -0.4 is 5.69 Å². The fourth-order valence-electron chi connectivity index (χ4n) is 5.76. The average molecular weight is 447 g/mol. The molecule has 1 aromatic heterocycles. The van der Waals surface area contributed by atoms with Crippen molar-refractivity contribution in [1.29, 1.82) is 0 Å². The van der Waals surface area contributed by atoms with Crippen molar-refractivity contribution < 1.29 is 4.79 Å². The van der Waals surface area contributed by atoms with Gasteiger partial charge in [0.15, 0.2) is 0 Å². The second-order valence-electron chi connectivity index (χ2n) is 10.2. The quantitative estimate of drug-likeness (QED) is 0.570. The van der Waals surface area contributed by atoms with Gasteiger partial charge in [-0.05, 0) is 63.3 Å². The number of aromatic nitrogens is 2. The minimum absolute atomic E-state index is 0.0737. The Bertz CT molecular complexity index is 1230. The topological polar surface area (TPSA) is 50.5 Å². The first kappa shape index (κ1) is 22.0. The van der Waals surface area contributed by atoms with E-state index in [1.54, 1.807) is 4.57 Å². The van der Waals surface area contributed by atoms with Gasteiger partial charge in [-0.25, -0.2) is 4.79 Å². The molecule has 0 unspecified atom stereocenters. The first-order valence-corrected chi connectivity index (χ1v) is 12.1. The molecule has 0 atom stereocenters. The van der Waals surface area contributed by atoms with E-state index in [-0.39, 0.29) is 23.2 Å². The Balaban J connectivity index is 1.18. The first-order chi connectivity index (χ1) is 15.9. The van der Waals surface area contributed by atoms with Crippen LogP contribution in [0.3, 0.4) is 0 Å². The molecular formula is C27H34N4O2. The lowest BCUT2D eigenvalue weighted by atomic mass is 9.92. The van der Waals surface area contributed by atoms with Gasteiger partial charge in [0.1, 0.15) is 0 Å². The second kappa shape index (κ2) is 8.49. The molecule has 1 amide bonds. The molecule has 6 nitrogen and oxygen atoms in total. The number of benzene rings is 2. The summed E-state index contributed by atoms with van der Waals surface area (Å²) in [6.45, 7) is 8.15. The highest BCUT2D eigenvalue weighted by molar-refractivity contribution is 5.98. The van der Waals surface area contributed by atoms with Crippen LogP contribution in [0.4, 0.5) is 0 Å². The molecule has 3 aromatic rings. The van der Waals surface area contributed by atoms with E-state index in [0.717, 1.165) is 74.0 Å². The summed E-state index contributed by atoms with van der Waals surface area (Å²) in [5.41, 5.74) is 4.22. The lowest BCUT2D eigenvalue weighted by Gasteiger charge is -2.43. The largest absolute Gasteiger partial charge is 0.334 e. The second-order valence-corrected chi connectivity index (χ2v) is 10.2. The van der Waals surface area contributed by atoms with E-state index in [1.165, 1.54) is 0 Å². The molecule has 3 heterocycles. The van der Waals surface area contributed by atoms with Crippen LogP contribution in [0.5, 0.6) is 0 Å². The highest BCUT2D eigenvalue weighted by Gasteiger charge is 2.33. The maximum Gasteiger partial charge on any atom is 0.329 e. The molecule has 0 saturated carbocycles. The van der Waals surface area contributed by atoms with Crippen molar-refractivity contribution in [1.82, 2.24) is 18.9 Å². The summed E-state index contributed by atoms with van der Waals surface area (Å²) in [6.07, 6.45) is 4.01. The smallest absolute Gasteiger partial charge is 0.329 e. The van der Waals surface area contributed by atoms with Crippen LogP contribution in [0.2, 0.25) is 0 Å². The molecule has 0 bridgehead atoms. The van der Waals surface area contributed by atoms with E-state index >= 15 is 0 Å². The normalized spacial score (nSPS) is 17.8. The van der Waals surface area contributed by atoms with Crippen molar-refractivity contribution in [3.63, 3.8) is 0 Å². The summed E-state index contributed by atoms with van der Waals surface area (Å²) in [5.74, 6) is 0.171. The number of para-hydroxylation sites is 2. The Morgan fingerprint density at radius 2 is 1.61 bits per heavy atom. The molecule has 33 heavy (non-hydrogen) atoms. The molecule has 1 saturated heterocycles. The predicted molar refractivity (Wildman–Crippen MR) is 132 cm³/mol. The van der Waals surface area contributed by atoms with E-state index in [9.17, 15) is 9.59 Å². The standard InChI is InChI=1S/C27H34N4O2/c1-27(2,15-8-16-29-19-20-9-4-5-10-22(20)25(29)32)30-17-13-21(14-18-30)31-24-12-7-6-11-23(24)28(3)26(31)33/h4-7,9-12,21H,8,13-19H2,1-3H3. The van der Waals surface area contributed by atoms with E-state index in [2.05, 4.69) is 30.9 Å². The maximum atomic E-state index is 12.9. The number of hydrogen-bond donors (Lipinski definition) is 0. The summed E-state index contributed by atoms with van der Waals surface area (Å²) >= 11 is 0. The summed E-state index contributed by atoms with van der Waals surface area (Å²) in [5, 5.41) is 0. The highest BCUT2D eigenvalue weighted by Crippen LogP contribution is 2.31. The number of fused-ring (bicyclic) bond motifs is 2. The van der Waals surface area contributed by atoms with Crippen LogP contribution in [0.15, 0.2) is 53.3 Å². The molecule has 174 valence electrons. The van der Waals surface area contributed by atoms with E-state index < -0.39 is 0 Å². The SMILES string of the molecule is Cn1c(=O)n(C2CCN(C(C)(C)CCCN3Cc4ccccc4C3=O)CC2)c2ccccc21. The summed E-state index contributed by atoms with van der Waals surface area (Å²) in [6, 6.07) is 16.3. The van der Waals surface area contributed by atoms with Gasteiger partial charge in [0, 0.05) is 50.4 Å². The zero-order valence-corrected chi connectivity index (χ0v) is 20.0. The Morgan fingerprint density at radius 1 is 0.939 bits per heavy atom. The van der Waals surface area contributed by atoms with Crippen LogP contribution in [-0.4, -0.2) is 50.0 Å². The Hall–Kier alpha value is -2.86. The summed E-state index contributed by atoms with van der Waals surface area (Å²) < 4.78 is 3.78. The molecule has 0 spiro atoms. The predicted octanol–water partition coefficient (Wildman–Crippen LogP) is 4.19. The van der Waals surface area contributed by atoms with Gasteiger partial charge in [-0.2, -0.15) is 0 Å². The maximum absolute atomic E-state index is 12.9. The Kier molecular flexibility index (Phi) is 5.65. The van der Waals surface area contributed by atoms with Crippen LogP contribution in [0.25, 0.3) is 11.0 Å². The van der Waals surface area contributed by atoms with Crippen LogP contribution >= 0.6 is 0 Å². The van der Waals surface area contributed by atoms with Gasteiger partial charge in [-0.15, -0.1) is 0 Å². The molecule has 2 aromatic carbocycles. The number of amides is 1. The lowest BCUT2D eigenvalue weighted by molar-refractivity contribution is 0.0625. The van der Waals surface area contributed by atoms with Gasteiger partial charge in [-0.3, -0.25) is 18.8 Å². The third-order valence-electron chi connectivity index (χ3n) is 7.79. The number of nitrogens with zero attached hydrogens (tertiary/aromatic N) is 4. The third kappa shape index (κ3) is 3.90. The monoisotopic (exact) mass is 446 g/mol. The molecule has 0 N–H and O–H groups in total. The molecule has 6 heteroatoms. The Morgan fingerprint density at radius 3 is 2.33 bits per heavy atom. The number of rotatable bonds is 6. The Labute approximate surface area is 195 Å². The van der Waals surface area contributed by atoms with E-state index in [1.807, 2.05) is 52.9 Å². The highest BCUT2D eigenvalue weighted by atomic mass is 16.2. The fraction of sp³-hybridized carbons (Fsp3) is 0.481.